The second-order valence-electron chi connectivity index (χ2n) is 11.1. The molecule has 2 aliphatic heterocycles. The Morgan fingerprint density at radius 2 is 1.98 bits per heavy atom. The fourth-order valence-electron chi connectivity index (χ4n) is 6.12. The van der Waals surface area contributed by atoms with Crippen molar-refractivity contribution < 1.29 is 22.7 Å². The van der Waals surface area contributed by atoms with Gasteiger partial charge in [0.15, 0.2) is 0 Å². The lowest BCUT2D eigenvalue weighted by atomic mass is 9.84. The van der Waals surface area contributed by atoms with E-state index in [1.807, 2.05) is 11.0 Å². The number of carbonyl (C=O) groups is 1. The average molecular weight is 566 g/mol. The quantitative estimate of drug-likeness (QED) is 0.425. The van der Waals surface area contributed by atoms with Crippen LogP contribution >= 0.6 is 0 Å². The van der Waals surface area contributed by atoms with Gasteiger partial charge in [0.05, 0.1) is 17.7 Å². The predicted octanol–water partition coefficient (Wildman–Crippen LogP) is 5.52. The van der Waals surface area contributed by atoms with Gasteiger partial charge in [-0.2, -0.15) is 0 Å². The van der Waals surface area contributed by atoms with E-state index in [2.05, 4.69) is 28.3 Å². The van der Waals surface area contributed by atoms with Gasteiger partial charge in [-0.3, -0.25) is 4.79 Å². The summed E-state index contributed by atoms with van der Waals surface area (Å²) in [7, 11) is 2.08. The molecule has 1 atom stereocenters. The summed E-state index contributed by atoms with van der Waals surface area (Å²) >= 11 is 0. The highest BCUT2D eigenvalue weighted by molar-refractivity contribution is 5.97. The van der Waals surface area contributed by atoms with Crippen LogP contribution in [-0.2, 0) is 17.8 Å². The lowest BCUT2D eigenvalue weighted by molar-refractivity contribution is -0.137. The molecule has 0 saturated carbocycles. The number of likely N-dealkylation sites (N-methyl/N-ethyl adjacent to an activating group) is 1. The molecule has 2 aromatic carbocycles. The Balaban J connectivity index is 1.29. The number of nitrogens with one attached hydrogen (secondary N) is 1. The van der Waals surface area contributed by atoms with E-state index in [4.69, 9.17) is 9.72 Å². The van der Waals surface area contributed by atoms with E-state index in [-0.39, 0.29) is 23.9 Å². The van der Waals surface area contributed by atoms with E-state index >= 15 is 0 Å². The molecule has 3 aliphatic rings. The van der Waals surface area contributed by atoms with Gasteiger partial charge in [-0.15, -0.1) is 0 Å². The number of amides is 1. The number of allylic oxidation sites excluding steroid dienone is 2. The van der Waals surface area contributed by atoms with Crippen molar-refractivity contribution in [2.45, 2.75) is 45.6 Å². The van der Waals surface area contributed by atoms with Gasteiger partial charge in [0.1, 0.15) is 23.2 Å². The van der Waals surface area contributed by atoms with Crippen LogP contribution in [0.3, 0.4) is 0 Å². The van der Waals surface area contributed by atoms with Crippen LogP contribution < -0.4 is 10.1 Å². The molecule has 41 heavy (non-hydrogen) atoms. The van der Waals surface area contributed by atoms with Crippen LogP contribution in [0.5, 0.6) is 5.75 Å². The minimum Gasteiger partial charge on any atom is -0.492 e. The van der Waals surface area contributed by atoms with Crippen LogP contribution in [0.2, 0.25) is 0 Å². The number of carbonyl (C=O) groups excluding carboxylic acids is 1. The highest BCUT2D eigenvalue weighted by Crippen LogP contribution is 2.44. The summed E-state index contributed by atoms with van der Waals surface area (Å²) in [6.07, 6.45) is 2.20. The van der Waals surface area contributed by atoms with Crippen molar-refractivity contribution in [3.05, 3.63) is 64.2 Å². The molecule has 1 aromatic heterocycles. The zero-order valence-electron chi connectivity index (χ0n) is 23.4. The lowest BCUT2D eigenvalue weighted by Gasteiger charge is -2.35. The van der Waals surface area contributed by atoms with Crippen molar-refractivity contribution in [1.29, 1.82) is 0 Å². The number of halogens is 3. The number of fused-ring (bicyclic) bond motifs is 3. The normalized spacial score (nSPS) is 19.3. The number of hydrogen-bond acceptors (Lipinski definition) is 6. The van der Waals surface area contributed by atoms with E-state index in [1.165, 1.54) is 12.1 Å². The fraction of sp³-hybridized carbons (Fsp3) is 0.452. The van der Waals surface area contributed by atoms with E-state index in [9.17, 15) is 18.0 Å². The molecule has 1 fully saturated rings. The largest absolute Gasteiger partial charge is 0.492 e. The number of ether oxygens (including phenoxy) is 1. The minimum absolute atomic E-state index is 0.000353. The average Bonchev–Trinajstić information content (AvgIpc) is 3.47. The van der Waals surface area contributed by atoms with Crippen LogP contribution in [0, 0.1) is 18.7 Å². The molecule has 216 valence electrons. The molecule has 0 bridgehead atoms. The number of alkyl halides is 2. The number of anilines is 1. The topological polar surface area (TPSA) is 70.6 Å². The Morgan fingerprint density at radius 1 is 1.17 bits per heavy atom. The summed E-state index contributed by atoms with van der Waals surface area (Å²) in [6.45, 7) is 5.71. The second kappa shape index (κ2) is 11.3. The number of aromatic nitrogens is 2. The summed E-state index contributed by atoms with van der Waals surface area (Å²) in [6, 6.07) is 6.05. The number of nitrogens with zero attached hydrogens (tertiary/aromatic N) is 4. The lowest BCUT2D eigenvalue weighted by Crippen LogP contribution is -2.49. The summed E-state index contributed by atoms with van der Waals surface area (Å²) < 4.78 is 47.3. The smallest absolute Gasteiger partial charge is 0.266 e. The highest BCUT2D eigenvalue weighted by Gasteiger charge is 2.31. The van der Waals surface area contributed by atoms with Crippen LogP contribution in [0.25, 0.3) is 16.5 Å². The first-order chi connectivity index (χ1) is 19.8. The summed E-state index contributed by atoms with van der Waals surface area (Å²) in [5, 5.41) is 3.96. The summed E-state index contributed by atoms with van der Waals surface area (Å²) in [5.74, 6) is 1.21. The SMILES string of the molecule is Cc1nc(NCc2cccc(C(F)F)c2F)c2cc(C3=CCC(C(=O)N4CCN(C)CC4)CC3)c3c(c2n1)CCO3. The van der Waals surface area contributed by atoms with Gasteiger partial charge in [0, 0.05) is 67.1 Å². The Hall–Kier alpha value is -3.66. The van der Waals surface area contributed by atoms with Crippen LogP contribution in [0.4, 0.5) is 19.0 Å². The van der Waals surface area contributed by atoms with Gasteiger partial charge in [-0.1, -0.05) is 24.3 Å². The zero-order valence-corrected chi connectivity index (χ0v) is 23.4. The first-order valence-electron chi connectivity index (χ1n) is 14.2. The van der Waals surface area contributed by atoms with Gasteiger partial charge in [-0.05, 0) is 44.9 Å². The molecule has 1 unspecified atom stereocenters. The van der Waals surface area contributed by atoms with E-state index in [0.29, 0.717) is 31.1 Å². The van der Waals surface area contributed by atoms with Crippen molar-refractivity contribution in [3.8, 4) is 5.75 Å². The Labute approximate surface area is 237 Å². The third-order valence-corrected chi connectivity index (χ3v) is 8.46. The van der Waals surface area contributed by atoms with Crippen LogP contribution in [-0.4, -0.2) is 65.5 Å². The third kappa shape index (κ3) is 5.37. The van der Waals surface area contributed by atoms with E-state index in [1.54, 1.807) is 6.92 Å². The van der Waals surface area contributed by atoms with Crippen molar-refractivity contribution in [2.75, 3.05) is 45.2 Å². The first-order valence-corrected chi connectivity index (χ1v) is 14.2. The predicted molar refractivity (Wildman–Crippen MR) is 152 cm³/mol. The summed E-state index contributed by atoms with van der Waals surface area (Å²) in [4.78, 5) is 26.7. The van der Waals surface area contributed by atoms with Gasteiger partial charge < -0.3 is 19.9 Å². The van der Waals surface area contributed by atoms with Crippen molar-refractivity contribution in [3.63, 3.8) is 0 Å². The van der Waals surface area contributed by atoms with Gasteiger partial charge in [0.25, 0.3) is 6.43 Å². The van der Waals surface area contributed by atoms with E-state index < -0.39 is 17.8 Å². The molecule has 1 amide bonds. The zero-order chi connectivity index (χ0) is 28.7. The molecule has 0 radical (unpaired) electrons. The number of hydrogen-bond donors (Lipinski definition) is 1. The second-order valence-corrected chi connectivity index (χ2v) is 11.1. The molecule has 6 rings (SSSR count). The Bertz CT molecular complexity index is 1520. The van der Waals surface area contributed by atoms with Crippen molar-refractivity contribution in [2.24, 2.45) is 5.92 Å². The maximum atomic E-state index is 14.7. The molecule has 1 N–H and O–H groups in total. The van der Waals surface area contributed by atoms with Crippen molar-refractivity contribution >= 4 is 28.2 Å². The number of piperazine rings is 1. The molecule has 7 nitrogen and oxygen atoms in total. The molecular formula is C31H34F3N5O2. The first kappa shape index (κ1) is 27.5. The number of aryl methyl sites for hydroxylation is 1. The van der Waals surface area contributed by atoms with Crippen LogP contribution in [0.1, 0.15) is 53.8 Å². The molecular weight excluding hydrogens is 531 g/mol. The van der Waals surface area contributed by atoms with E-state index in [0.717, 1.165) is 78.4 Å². The maximum Gasteiger partial charge on any atom is 0.266 e. The Morgan fingerprint density at radius 3 is 2.71 bits per heavy atom. The number of rotatable bonds is 6. The van der Waals surface area contributed by atoms with Gasteiger partial charge in [0.2, 0.25) is 5.91 Å². The summed E-state index contributed by atoms with van der Waals surface area (Å²) in [5.41, 5.74) is 3.42. The standard InChI is InChI=1S/C31H34F3N5O2/c1-18-36-27-23-10-15-41-28(23)24(19-6-8-20(9-7-19)31(40)39-13-11-38(2)12-14-39)16-25(27)30(37-18)35-17-21-4-3-5-22(26(21)32)29(33)34/h3-6,16,20,29H,7-15,17H2,1-2H3,(H,35,36,37). The third-order valence-electron chi connectivity index (χ3n) is 8.46. The molecule has 3 aromatic rings. The molecule has 1 aliphatic carbocycles. The minimum atomic E-state index is -2.89. The molecule has 10 heteroatoms. The molecule has 1 saturated heterocycles. The maximum absolute atomic E-state index is 14.7. The molecule has 3 heterocycles. The Kier molecular flexibility index (Phi) is 7.59. The molecule has 0 spiro atoms. The van der Waals surface area contributed by atoms with Crippen molar-refractivity contribution in [1.82, 2.24) is 19.8 Å². The van der Waals surface area contributed by atoms with Gasteiger partial charge in [-0.25, -0.2) is 23.1 Å². The van der Waals surface area contributed by atoms with Gasteiger partial charge >= 0.3 is 0 Å². The van der Waals surface area contributed by atoms with Crippen LogP contribution in [0.15, 0.2) is 30.3 Å². The fourth-order valence-corrected chi connectivity index (χ4v) is 6.12. The monoisotopic (exact) mass is 565 g/mol. The number of benzene rings is 2. The highest BCUT2D eigenvalue weighted by atomic mass is 19.3.